The Bertz CT molecular complexity index is 212. The van der Waals surface area contributed by atoms with Gasteiger partial charge < -0.3 is 4.74 Å². The first-order valence-corrected chi connectivity index (χ1v) is 5.34. The van der Waals surface area contributed by atoms with Crippen LogP contribution in [0.3, 0.4) is 0 Å². The van der Waals surface area contributed by atoms with E-state index in [-0.39, 0.29) is 17.5 Å². The van der Waals surface area contributed by atoms with Gasteiger partial charge in [-0.15, -0.1) is 0 Å². The molecule has 2 saturated carbocycles. The van der Waals surface area contributed by atoms with Crippen LogP contribution in [0.5, 0.6) is 0 Å². The number of rotatable bonds is 2. The molecule has 0 atom stereocenters. The van der Waals surface area contributed by atoms with Crippen LogP contribution in [-0.2, 0) is 9.53 Å². The van der Waals surface area contributed by atoms with Crippen LogP contribution >= 0.6 is 0 Å². The Morgan fingerprint density at radius 2 is 2.00 bits per heavy atom. The van der Waals surface area contributed by atoms with Gasteiger partial charge in [0, 0.05) is 0 Å². The molecule has 2 heteroatoms. The molecule has 74 valence electrons. The lowest BCUT2D eigenvalue weighted by Crippen LogP contribution is -2.31. The van der Waals surface area contributed by atoms with Crippen LogP contribution in [0.25, 0.3) is 0 Å². The molecule has 0 amide bonds. The van der Waals surface area contributed by atoms with Crippen molar-refractivity contribution >= 4 is 5.97 Å². The summed E-state index contributed by atoms with van der Waals surface area (Å²) >= 11 is 0. The van der Waals surface area contributed by atoms with Crippen molar-refractivity contribution in [2.45, 2.75) is 51.6 Å². The molecular weight excluding hydrogens is 164 g/mol. The number of carbonyl (C=O) groups excluding carboxylic acids is 1. The first-order chi connectivity index (χ1) is 6.11. The molecule has 13 heavy (non-hydrogen) atoms. The summed E-state index contributed by atoms with van der Waals surface area (Å²) in [6, 6.07) is 0. The van der Waals surface area contributed by atoms with Gasteiger partial charge >= 0.3 is 5.97 Å². The van der Waals surface area contributed by atoms with E-state index in [1.165, 1.54) is 12.8 Å². The molecule has 0 aromatic heterocycles. The SMILES string of the molecule is CC(C)C(=O)OC12CCC(CC1)C2. The van der Waals surface area contributed by atoms with E-state index in [4.69, 9.17) is 4.74 Å². The van der Waals surface area contributed by atoms with Gasteiger partial charge in [-0.05, 0) is 38.0 Å². The fraction of sp³-hybridized carbons (Fsp3) is 0.909. The first-order valence-electron chi connectivity index (χ1n) is 5.34. The first kappa shape index (κ1) is 9.04. The minimum Gasteiger partial charge on any atom is -0.459 e. The third-order valence-electron chi connectivity index (χ3n) is 3.47. The van der Waals surface area contributed by atoms with Gasteiger partial charge in [-0.25, -0.2) is 0 Å². The van der Waals surface area contributed by atoms with E-state index in [0.717, 1.165) is 25.2 Å². The molecule has 0 saturated heterocycles. The maximum atomic E-state index is 11.5. The summed E-state index contributed by atoms with van der Waals surface area (Å²) in [6.07, 6.45) is 5.88. The second-order valence-electron chi connectivity index (χ2n) is 4.91. The second kappa shape index (κ2) is 3.00. The Morgan fingerprint density at radius 3 is 2.38 bits per heavy atom. The van der Waals surface area contributed by atoms with Gasteiger partial charge in [0.05, 0.1) is 5.92 Å². The molecule has 2 bridgehead atoms. The summed E-state index contributed by atoms with van der Waals surface area (Å²) in [5, 5.41) is 0. The monoisotopic (exact) mass is 182 g/mol. The zero-order chi connectivity index (χ0) is 9.47. The average molecular weight is 182 g/mol. The zero-order valence-electron chi connectivity index (χ0n) is 8.51. The summed E-state index contributed by atoms with van der Waals surface area (Å²) in [5.74, 6) is 0.858. The van der Waals surface area contributed by atoms with Gasteiger partial charge in [0.25, 0.3) is 0 Å². The van der Waals surface area contributed by atoms with Gasteiger partial charge in [-0.2, -0.15) is 0 Å². The van der Waals surface area contributed by atoms with Crippen LogP contribution in [0.15, 0.2) is 0 Å². The highest BCUT2D eigenvalue weighted by Gasteiger charge is 2.47. The van der Waals surface area contributed by atoms with Crippen molar-refractivity contribution in [2.24, 2.45) is 11.8 Å². The Labute approximate surface area is 79.7 Å². The molecule has 0 heterocycles. The van der Waals surface area contributed by atoms with Gasteiger partial charge in [0.1, 0.15) is 5.60 Å². The quantitative estimate of drug-likeness (QED) is 0.613. The van der Waals surface area contributed by atoms with E-state index in [2.05, 4.69) is 0 Å². The van der Waals surface area contributed by atoms with Crippen molar-refractivity contribution in [3.63, 3.8) is 0 Å². The summed E-state index contributed by atoms with van der Waals surface area (Å²) < 4.78 is 5.61. The van der Waals surface area contributed by atoms with Crippen molar-refractivity contribution in [1.29, 1.82) is 0 Å². The normalized spacial score (nSPS) is 37.0. The highest BCUT2D eigenvalue weighted by atomic mass is 16.6. The molecule has 0 aliphatic heterocycles. The number of esters is 1. The summed E-state index contributed by atoms with van der Waals surface area (Å²) in [4.78, 5) is 11.5. The van der Waals surface area contributed by atoms with Crippen LogP contribution in [0, 0.1) is 11.8 Å². The summed E-state index contributed by atoms with van der Waals surface area (Å²) in [6.45, 7) is 3.81. The van der Waals surface area contributed by atoms with Crippen molar-refractivity contribution in [2.75, 3.05) is 0 Å². The Hall–Kier alpha value is -0.530. The number of carbonyl (C=O) groups is 1. The molecule has 2 aliphatic rings. The third-order valence-corrected chi connectivity index (χ3v) is 3.47. The summed E-state index contributed by atoms with van der Waals surface area (Å²) in [5.41, 5.74) is -0.0357. The Kier molecular flexibility index (Phi) is 2.09. The van der Waals surface area contributed by atoms with E-state index in [1.807, 2.05) is 13.8 Å². The predicted octanol–water partition coefficient (Wildman–Crippen LogP) is 2.52. The predicted molar refractivity (Wildman–Crippen MR) is 50.2 cm³/mol. The van der Waals surface area contributed by atoms with E-state index >= 15 is 0 Å². The third kappa shape index (κ3) is 1.59. The van der Waals surface area contributed by atoms with Gasteiger partial charge in [-0.1, -0.05) is 13.8 Å². The maximum Gasteiger partial charge on any atom is 0.308 e. The number of ether oxygens (including phenoxy) is 1. The fourth-order valence-corrected chi connectivity index (χ4v) is 2.61. The van der Waals surface area contributed by atoms with Crippen LogP contribution in [0.2, 0.25) is 0 Å². The van der Waals surface area contributed by atoms with Crippen LogP contribution < -0.4 is 0 Å². The van der Waals surface area contributed by atoms with Gasteiger partial charge in [-0.3, -0.25) is 4.79 Å². The molecule has 0 spiro atoms. The van der Waals surface area contributed by atoms with E-state index in [0.29, 0.717) is 0 Å². The highest BCUT2D eigenvalue weighted by Crippen LogP contribution is 2.50. The number of hydrogen-bond donors (Lipinski definition) is 0. The zero-order valence-corrected chi connectivity index (χ0v) is 8.51. The molecule has 2 aliphatic carbocycles. The van der Waals surface area contributed by atoms with Crippen molar-refractivity contribution in [1.82, 2.24) is 0 Å². The van der Waals surface area contributed by atoms with Crippen LogP contribution in [-0.4, -0.2) is 11.6 Å². The van der Waals surface area contributed by atoms with Crippen LogP contribution in [0.4, 0.5) is 0 Å². The molecule has 2 fully saturated rings. The fourth-order valence-electron chi connectivity index (χ4n) is 2.61. The second-order valence-corrected chi connectivity index (χ2v) is 4.91. The van der Waals surface area contributed by atoms with E-state index in [9.17, 15) is 4.79 Å². The minimum atomic E-state index is -0.0357. The van der Waals surface area contributed by atoms with E-state index < -0.39 is 0 Å². The van der Waals surface area contributed by atoms with Gasteiger partial charge in [0.15, 0.2) is 0 Å². The van der Waals surface area contributed by atoms with Crippen molar-refractivity contribution in [3.8, 4) is 0 Å². The lowest BCUT2D eigenvalue weighted by Gasteiger charge is -2.27. The smallest absolute Gasteiger partial charge is 0.308 e. The lowest BCUT2D eigenvalue weighted by atomic mass is 9.97. The molecule has 0 radical (unpaired) electrons. The van der Waals surface area contributed by atoms with Crippen molar-refractivity contribution < 1.29 is 9.53 Å². The topological polar surface area (TPSA) is 26.3 Å². The Balaban J connectivity index is 1.97. The molecular formula is C11H18O2. The van der Waals surface area contributed by atoms with Crippen LogP contribution in [0.1, 0.15) is 46.0 Å². The lowest BCUT2D eigenvalue weighted by molar-refractivity contribution is -0.162. The number of fused-ring (bicyclic) bond motifs is 2. The largest absolute Gasteiger partial charge is 0.459 e. The molecule has 0 aromatic rings. The van der Waals surface area contributed by atoms with Gasteiger partial charge in [0.2, 0.25) is 0 Å². The molecule has 0 aromatic carbocycles. The number of hydrogen-bond acceptors (Lipinski definition) is 2. The summed E-state index contributed by atoms with van der Waals surface area (Å²) in [7, 11) is 0. The molecule has 2 nitrogen and oxygen atoms in total. The van der Waals surface area contributed by atoms with E-state index in [1.54, 1.807) is 0 Å². The highest BCUT2D eigenvalue weighted by molar-refractivity contribution is 5.72. The average Bonchev–Trinajstić information content (AvgIpc) is 2.62. The molecule has 0 N–H and O–H groups in total. The maximum absolute atomic E-state index is 11.5. The minimum absolute atomic E-state index is 0.0115. The van der Waals surface area contributed by atoms with Crippen molar-refractivity contribution in [3.05, 3.63) is 0 Å². The molecule has 0 unspecified atom stereocenters. The Morgan fingerprint density at radius 1 is 1.38 bits per heavy atom. The standard InChI is InChI=1S/C11H18O2/c1-8(2)10(12)13-11-5-3-9(7-11)4-6-11/h8-9H,3-7H2,1-2H3. The molecule has 2 rings (SSSR count).